The quantitative estimate of drug-likeness (QED) is 0.857. The topological polar surface area (TPSA) is 82.5 Å². The van der Waals surface area contributed by atoms with Crippen LogP contribution in [-0.4, -0.2) is 40.1 Å². The van der Waals surface area contributed by atoms with E-state index in [0.29, 0.717) is 11.7 Å². The van der Waals surface area contributed by atoms with Gasteiger partial charge in [-0.2, -0.15) is 0 Å². The van der Waals surface area contributed by atoms with Crippen molar-refractivity contribution in [2.75, 3.05) is 18.4 Å². The van der Waals surface area contributed by atoms with Crippen LogP contribution in [0, 0.1) is 6.92 Å². The van der Waals surface area contributed by atoms with E-state index in [9.17, 15) is 9.59 Å². The summed E-state index contributed by atoms with van der Waals surface area (Å²) >= 11 is 1.40. The average Bonchev–Trinajstić information content (AvgIpc) is 2.65. The lowest BCUT2D eigenvalue weighted by molar-refractivity contribution is -0.137. The number of carbonyl (C=O) groups is 2. The largest absolute Gasteiger partial charge is 0.480 e. The molecule has 0 fully saturated rings. The summed E-state index contributed by atoms with van der Waals surface area (Å²) in [6.45, 7) is 5.70. The Kier molecular flexibility index (Phi) is 5.08. The molecule has 0 saturated carbocycles. The summed E-state index contributed by atoms with van der Waals surface area (Å²) in [4.78, 5) is 29.0. The highest BCUT2D eigenvalue weighted by molar-refractivity contribution is 7.15. The third kappa shape index (κ3) is 3.69. The molecule has 0 aliphatic rings. The second kappa shape index (κ2) is 6.34. The van der Waals surface area contributed by atoms with Gasteiger partial charge in [-0.3, -0.25) is 10.1 Å². The minimum Gasteiger partial charge on any atom is -0.480 e. The number of thiazole rings is 1. The van der Waals surface area contributed by atoms with Gasteiger partial charge in [-0.1, -0.05) is 6.92 Å². The van der Waals surface area contributed by atoms with Crippen molar-refractivity contribution < 1.29 is 14.7 Å². The molecule has 1 rings (SSSR count). The number of rotatable bonds is 5. The monoisotopic (exact) mass is 271 g/mol. The number of carboxylic acids is 1. The zero-order chi connectivity index (χ0) is 13.7. The maximum absolute atomic E-state index is 11.8. The summed E-state index contributed by atoms with van der Waals surface area (Å²) in [7, 11) is 0. The Bertz CT molecular complexity index is 445. The molecule has 0 aliphatic heterocycles. The molecule has 2 N–H and O–H groups in total. The van der Waals surface area contributed by atoms with Crippen molar-refractivity contribution in [1.82, 2.24) is 9.88 Å². The normalized spacial score (nSPS) is 10.2. The summed E-state index contributed by atoms with van der Waals surface area (Å²) in [5.74, 6) is -1.03. The molecule has 7 heteroatoms. The molecule has 0 spiro atoms. The number of aliphatic carboxylic acids is 1. The number of carbonyl (C=O) groups excluding carboxylic acids is 1. The lowest BCUT2D eigenvalue weighted by atomic mass is 10.3. The summed E-state index contributed by atoms with van der Waals surface area (Å²) in [5.41, 5.74) is 0.955. The van der Waals surface area contributed by atoms with Gasteiger partial charge in [0.2, 0.25) is 0 Å². The van der Waals surface area contributed by atoms with Gasteiger partial charge in [-0.25, -0.2) is 9.78 Å². The Morgan fingerprint density at radius 3 is 2.56 bits per heavy atom. The van der Waals surface area contributed by atoms with Crippen molar-refractivity contribution >= 4 is 28.5 Å². The number of aromatic nitrogens is 1. The van der Waals surface area contributed by atoms with E-state index >= 15 is 0 Å². The van der Waals surface area contributed by atoms with Crippen LogP contribution in [0.5, 0.6) is 0 Å². The molecular formula is C11H17N3O3S. The van der Waals surface area contributed by atoms with Gasteiger partial charge in [0.15, 0.2) is 5.13 Å². The standard InChI is InChI=1S/C11H17N3O3S/c1-4-8-7(3)18-10(12-8)13-11(17)14(5-2)6-9(15)16/h4-6H2,1-3H3,(H,15,16)(H,12,13,17). The second-order valence-electron chi connectivity index (χ2n) is 3.71. The molecule has 6 nitrogen and oxygen atoms in total. The molecule has 0 saturated heterocycles. The first-order valence-electron chi connectivity index (χ1n) is 5.71. The van der Waals surface area contributed by atoms with E-state index in [-0.39, 0.29) is 6.54 Å². The number of nitrogens with zero attached hydrogens (tertiary/aromatic N) is 2. The number of carboxylic acid groups (broad SMARTS) is 1. The van der Waals surface area contributed by atoms with Gasteiger partial charge >= 0.3 is 12.0 Å². The Morgan fingerprint density at radius 1 is 1.44 bits per heavy atom. The summed E-state index contributed by atoms with van der Waals surface area (Å²) in [6.07, 6.45) is 0.810. The highest BCUT2D eigenvalue weighted by Gasteiger charge is 2.16. The number of urea groups is 1. The van der Waals surface area contributed by atoms with Crippen molar-refractivity contribution in [2.24, 2.45) is 0 Å². The minimum atomic E-state index is -1.03. The molecule has 1 aromatic heterocycles. The van der Waals surface area contributed by atoms with Crippen molar-refractivity contribution in [3.05, 3.63) is 10.6 Å². The highest BCUT2D eigenvalue weighted by Crippen LogP contribution is 2.22. The molecular weight excluding hydrogens is 254 g/mol. The number of amides is 2. The van der Waals surface area contributed by atoms with Crippen LogP contribution >= 0.6 is 11.3 Å². The number of hydrogen-bond donors (Lipinski definition) is 2. The number of nitrogens with one attached hydrogen (secondary N) is 1. The lowest BCUT2D eigenvalue weighted by Crippen LogP contribution is -2.38. The van der Waals surface area contributed by atoms with Gasteiger partial charge in [0.1, 0.15) is 6.54 Å². The maximum Gasteiger partial charge on any atom is 0.324 e. The number of hydrogen-bond acceptors (Lipinski definition) is 4. The van der Waals surface area contributed by atoms with Crippen molar-refractivity contribution in [3.63, 3.8) is 0 Å². The van der Waals surface area contributed by atoms with Crippen LogP contribution in [-0.2, 0) is 11.2 Å². The Balaban J connectivity index is 2.70. The first kappa shape index (κ1) is 14.4. The van der Waals surface area contributed by atoms with Crippen LogP contribution in [0.2, 0.25) is 0 Å². The number of likely N-dealkylation sites (N-methyl/N-ethyl adjacent to an activating group) is 1. The Labute approximate surface area is 110 Å². The molecule has 1 heterocycles. The zero-order valence-electron chi connectivity index (χ0n) is 10.7. The fourth-order valence-corrected chi connectivity index (χ4v) is 2.36. The molecule has 1 aromatic rings. The Morgan fingerprint density at radius 2 is 2.11 bits per heavy atom. The first-order chi connectivity index (χ1) is 8.47. The second-order valence-corrected chi connectivity index (χ2v) is 4.92. The molecule has 2 amide bonds. The summed E-state index contributed by atoms with van der Waals surface area (Å²) < 4.78 is 0. The fraction of sp³-hybridized carbons (Fsp3) is 0.545. The van der Waals surface area contributed by atoms with Crippen LogP contribution in [0.25, 0.3) is 0 Å². The number of aryl methyl sites for hydroxylation is 2. The van der Waals surface area contributed by atoms with Crippen LogP contribution in [0.1, 0.15) is 24.4 Å². The third-order valence-electron chi connectivity index (χ3n) is 2.44. The van der Waals surface area contributed by atoms with Crippen LogP contribution < -0.4 is 5.32 Å². The molecule has 100 valence electrons. The predicted octanol–water partition coefficient (Wildman–Crippen LogP) is 1.95. The smallest absolute Gasteiger partial charge is 0.324 e. The summed E-state index contributed by atoms with van der Waals surface area (Å²) in [5, 5.41) is 11.8. The van der Waals surface area contributed by atoms with E-state index < -0.39 is 12.0 Å². The first-order valence-corrected chi connectivity index (χ1v) is 6.53. The molecule has 0 radical (unpaired) electrons. The van der Waals surface area contributed by atoms with Gasteiger partial charge in [0.25, 0.3) is 0 Å². The molecule has 18 heavy (non-hydrogen) atoms. The van der Waals surface area contributed by atoms with Crippen molar-refractivity contribution in [1.29, 1.82) is 0 Å². The van der Waals surface area contributed by atoms with E-state index in [0.717, 1.165) is 17.0 Å². The Hall–Kier alpha value is -1.63. The summed E-state index contributed by atoms with van der Waals surface area (Å²) in [6, 6.07) is -0.434. The number of anilines is 1. The van der Waals surface area contributed by atoms with Gasteiger partial charge in [0, 0.05) is 11.4 Å². The van der Waals surface area contributed by atoms with E-state index in [2.05, 4.69) is 10.3 Å². The highest BCUT2D eigenvalue weighted by atomic mass is 32.1. The van der Waals surface area contributed by atoms with Crippen LogP contribution in [0.4, 0.5) is 9.93 Å². The average molecular weight is 271 g/mol. The molecule has 0 atom stereocenters. The molecule has 0 aliphatic carbocycles. The maximum atomic E-state index is 11.8. The minimum absolute atomic E-state index is 0.312. The van der Waals surface area contributed by atoms with Crippen LogP contribution in [0.15, 0.2) is 0 Å². The molecule has 0 aromatic carbocycles. The van der Waals surface area contributed by atoms with Crippen LogP contribution in [0.3, 0.4) is 0 Å². The van der Waals surface area contributed by atoms with E-state index in [4.69, 9.17) is 5.11 Å². The van der Waals surface area contributed by atoms with Gasteiger partial charge in [-0.05, 0) is 20.3 Å². The zero-order valence-corrected chi connectivity index (χ0v) is 11.5. The van der Waals surface area contributed by atoms with Crippen molar-refractivity contribution in [2.45, 2.75) is 27.2 Å². The van der Waals surface area contributed by atoms with E-state index in [1.165, 1.54) is 16.2 Å². The predicted molar refractivity (Wildman–Crippen MR) is 70.1 cm³/mol. The van der Waals surface area contributed by atoms with Gasteiger partial charge < -0.3 is 10.0 Å². The molecule has 0 bridgehead atoms. The lowest BCUT2D eigenvalue weighted by Gasteiger charge is -2.17. The SMILES string of the molecule is CCc1nc(NC(=O)N(CC)CC(=O)O)sc1C. The third-order valence-corrected chi connectivity index (χ3v) is 3.36. The molecule has 0 unspecified atom stereocenters. The fourth-order valence-electron chi connectivity index (χ4n) is 1.47. The van der Waals surface area contributed by atoms with E-state index in [1.54, 1.807) is 6.92 Å². The van der Waals surface area contributed by atoms with Crippen molar-refractivity contribution in [3.8, 4) is 0 Å². The van der Waals surface area contributed by atoms with Gasteiger partial charge in [-0.15, -0.1) is 11.3 Å². The van der Waals surface area contributed by atoms with Gasteiger partial charge in [0.05, 0.1) is 5.69 Å². The van der Waals surface area contributed by atoms with E-state index in [1.807, 2.05) is 13.8 Å².